The molecule has 2 unspecified atom stereocenters. The lowest BCUT2D eigenvalue weighted by atomic mass is 9.94. The van der Waals surface area contributed by atoms with Crippen LogP contribution < -0.4 is 5.32 Å². The lowest BCUT2D eigenvalue weighted by Gasteiger charge is -2.23. The van der Waals surface area contributed by atoms with E-state index in [1.54, 1.807) is 0 Å². The molecule has 0 saturated carbocycles. The zero-order valence-electron chi connectivity index (χ0n) is 11.9. The third kappa shape index (κ3) is 4.04. The van der Waals surface area contributed by atoms with Crippen LogP contribution in [0.15, 0.2) is 12.1 Å². The molecule has 1 aromatic carbocycles. The van der Waals surface area contributed by atoms with Crippen molar-refractivity contribution in [1.82, 2.24) is 5.32 Å². The van der Waals surface area contributed by atoms with E-state index in [0.29, 0.717) is 12.1 Å². The molecule has 0 saturated heterocycles. The third-order valence-electron chi connectivity index (χ3n) is 3.12. The zero-order valence-corrected chi connectivity index (χ0v) is 12.7. The normalized spacial score (nSPS) is 14.7. The Kier molecular flexibility index (Phi) is 5.54. The van der Waals surface area contributed by atoms with E-state index in [4.69, 9.17) is 0 Å². The first-order valence-electron chi connectivity index (χ1n) is 6.28. The van der Waals surface area contributed by atoms with Crippen molar-refractivity contribution in [2.24, 2.45) is 0 Å². The molecule has 0 bridgehead atoms. The Morgan fingerprint density at radius 1 is 1.12 bits per heavy atom. The lowest BCUT2D eigenvalue weighted by molar-refractivity contribution is 0.508. The van der Waals surface area contributed by atoms with Crippen LogP contribution in [0, 0.1) is 20.8 Å². The summed E-state index contributed by atoms with van der Waals surface area (Å²) < 4.78 is 0. The number of nitrogens with one attached hydrogen (secondary N) is 1. The van der Waals surface area contributed by atoms with Gasteiger partial charge in [0.2, 0.25) is 0 Å². The maximum Gasteiger partial charge on any atom is 0.0299 e. The van der Waals surface area contributed by atoms with Crippen LogP contribution in [0.25, 0.3) is 0 Å². The molecule has 1 nitrogen and oxygen atoms in total. The van der Waals surface area contributed by atoms with Gasteiger partial charge in [-0.2, -0.15) is 11.8 Å². The van der Waals surface area contributed by atoms with E-state index in [9.17, 15) is 0 Å². The number of hydrogen-bond donors (Lipinski definition) is 1. The van der Waals surface area contributed by atoms with E-state index in [1.807, 2.05) is 11.8 Å². The fourth-order valence-electron chi connectivity index (χ4n) is 2.68. The quantitative estimate of drug-likeness (QED) is 0.848. The van der Waals surface area contributed by atoms with Gasteiger partial charge < -0.3 is 5.32 Å². The Hall–Kier alpha value is -0.470. The summed E-state index contributed by atoms with van der Waals surface area (Å²) in [4.78, 5) is 0. The summed E-state index contributed by atoms with van der Waals surface area (Å²) in [7, 11) is 0. The highest BCUT2D eigenvalue weighted by atomic mass is 32.2. The zero-order chi connectivity index (χ0) is 13.0. The van der Waals surface area contributed by atoms with Crippen molar-refractivity contribution in [1.29, 1.82) is 0 Å². The molecule has 1 N–H and O–H groups in total. The van der Waals surface area contributed by atoms with Crippen LogP contribution in [0.2, 0.25) is 0 Å². The van der Waals surface area contributed by atoms with E-state index < -0.39 is 0 Å². The smallest absolute Gasteiger partial charge is 0.0299 e. The van der Waals surface area contributed by atoms with Crippen LogP contribution in [-0.2, 0) is 0 Å². The van der Waals surface area contributed by atoms with Crippen LogP contribution in [-0.4, -0.2) is 18.1 Å². The molecule has 0 aliphatic rings. The molecular weight excluding hydrogens is 226 g/mol. The third-order valence-corrected chi connectivity index (χ3v) is 3.96. The second-order valence-electron chi connectivity index (χ2n) is 5.06. The van der Waals surface area contributed by atoms with Crippen LogP contribution in [0.5, 0.6) is 0 Å². The fourth-order valence-corrected chi connectivity index (χ4v) is 3.28. The highest BCUT2D eigenvalue weighted by molar-refractivity contribution is 7.98. The van der Waals surface area contributed by atoms with Gasteiger partial charge in [-0.05, 0) is 57.6 Å². The average molecular weight is 251 g/mol. The highest BCUT2D eigenvalue weighted by Gasteiger charge is 2.13. The van der Waals surface area contributed by atoms with Gasteiger partial charge in [0.25, 0.3) is 0 Å². The van der Waals surface area contributed by atoms with Crippen molar-refractivity contribution >= 4 is 11.8 Å². The average Bonchev–Trinajstić information content (AvgIpc) is 2.15. The van der Waals surface area contributed by atoms with Gasteiger partial charge >= 0.3 is 0 Å². The topological polar surface area (TPSA) is 12.0 Å². The molecule has 0 fully saturated rings. The first-order valence-corrected chi connectivity index (χ1v) is 7.67. The summed E-state index contributed by atoms with van der Waals surface area (Å²) in [5, 5.41) is 3.68. The van der Waals surface area contributed by atoms with Crippen molar-refractivity contribution in [2.45, 2.75) is 46.7 Å². The maximum absolute atomic E-state index is 3.68. The summed E-state index contributed by atoms with van der Waals surface area (Å²) >= 11 is 1.90. The van der Waals surface area contributed by atoms with E-state index in [1.165, 1.54) is 22.3 Å². The molecule has 1 rings (SSSR count). The molecule has 2 atom stereocenters. The minimum atomic E-state index is 0.428. The van der Waals surface area contributed by atoms with Crippen molar-refractivity contribution in [2.75, 3.05) is 12.0 Å². The molecule has 2 heteroatoms. The van der Waals surface area contributed by atoms with Gasteiger partial charge in [-0.3, -0.25) is 0 Å². The highest BCUT2D eigenvalue weighted by Crippen LogP contribution is 2.23. The summed E-state index contributed by atoms with van der Waals surface area (Å²) in [5.41, 5.74) is 5.62. The molecule has 1 aromatic rings. The number of hydrogen-bond acceptors (Lipinski definition) is 2. The van der Waals surface area contributed by atoms with Crippen molar-refractivity contribution in [3.8, 4) is 0 Å². The Morgan fingerprint density at radius 2 is 1.65 bits per heavy atom. The molecule has 17 heavy (non-hydrogen) atoms. The van der Waals surface area contributed by atoms with Crippen LogP contribution in [0.1, 0.15) is 42.1 Å². The molecule has 96 valence electrons. The molecule has 0 aliphatic carbocycles. The Bertz CT molecular complexity index is 350. The van der Waals surface area contributed by atoms with Gasteiger partial charge in [0.1, 0.15) is 0 Å². The van der Waals surface area contributed by atoms with Crippen molar-refractivity contribution in [3.63, 3.8) is 0 Å². The molecule has 0 amide bonds. The summed E-state index contributed by atoms with van der Waals surface area (Å²) in [6, 6.07) is 5.54. The van der Waals surface area contributed by atoms with Crippen molar-refractivity contribution in [3.05, 3.63) is 34.4 Å². The van der Waals surface area contributed by atoms with E-state index in [-0.39, 0.29) is 0 Å². The molecule has 0 radical (unpaired) electrons. The molecular formula is C15H25NS. The number of thioether (sulfide) groups is 1. The number of rotatable bonds is 5. The second kappa shape index (κ2) is 6.46. The van der Waals surface area contributed by atoms with E-state index >= 15 is 0 Å². The van der Waals surface area contributed by atoms with Gasteiger partial charge in [-0.25, -0.2) is 0 Å². The van der Waals surface area contributed by atoms with Gasteiger partial charge in [0, 0.05) is 17.8 Å². The van der Waals surface area contributed by atoms with Crippen LogP contribution in [0.4, 0.5) is 0 Å². The maximum atomic E-state index is 3.68. The first-order chi connectivity index (χ1) is 7.95. The summed E-state index contributed by atoms with van der Waals surface area (Å²) in [6.45, 7) is 11.1. The minimum absolute atomic E-state index is 0.428. The molecule has 0 spiro atoms. The Balaban J connectivity index is 2.85. The number of benzene rings is 1. The molecule has 0 aromatic heterocycles. The van der Waals surface area contributed by atoms with Crippen LogP contribution in [0.3, 0.4) is 0 Å². The predicted octanol–water partition coefficient (Wildman–Crippen LogP) is 4.01. The van der Waals surface area contributed by atoms with E-state index in [0.717, 1.165) is 5.75 Å². The standard InChI is InChI=1S/C15H25NS/c1-10-7-11(2)15(12(3)8-10)14(5)16-13(4)9-17-6/h7-8,13-14,16H,9H2,1-6H3. The van der Waals surface area contributed by atoms with Gasteiger partial charge in [-0.1, -0.05) is 17.7 Å². The van der Waals surface area contributed by atoms with E-state index in [2.05, 4.69) is 58.3 Å². The summed E-state index contributed by atoms with van der Waals surface area (Å²) in [6.07, 6.45) is 2.16. The Labute approximate surface area is 110 Å². The Morgan fingerprint density at radius 3 is 2.12 bits per heavy atom. The minimum Gasteiger partial charge on any atom is -0.307 e. The number of aryl methyl sites for hydroxylation is 3. The second-order valence-corrected chi connectivity index (χ2v) is 5.97. The van der Waals surface area contributed by atoms with Crippen LogP contribution >= 0.6 is 11.8 Å². The van der Waals surface area contributed by atoms with Gasteiger partial charge in [0.15, 0.2) is 0 Å². The van der Waals surface area contributed by atoms with Gasteiger partial charge in [-0.15, -0.1) is 0 Å². The monoisotopic (exact) mass is 251 g/mol. The lowest BCUT2D eigenvalue weighted by Crippen LogP contribution is -2.31. The molecule has 0 aliphatic heterocycles. The first kappa shape index (κ1) is 14.6. The fraction of sp³-hybridized carbons (Fsp3) is 0.600. The van der Waals surface area contributed by atoms with Crippen molar-refractivity contribution < 1.29 is 0 Å². The summed E-state index contributed by atoms with van der Waals surface area (Å²) in [5.74, 6) is 1.16. The molecule has 0 heterocycles. The predicted molar refractivity (Wildman–Crippen MR) is 80.0 cm³/mol. The van der Waals surface area contributed by atoms with Gasteiger partial charge in [0.05, 0.1) is 0 Å². The SMILES string of the molecule is CSCC(C)NC(C)c1c(C)cc(C)cc1C. The largest absolute Gasteiger partial charge is 0.307 e.